The first-order valence-electron chi connectivity index (χ1n) is 5.24. The van der Waals surface area contributed by atoms with Crippen molar-refractivity contribution < 1.29 is 22.3 Å². The maximum atomic E-state index is 12.6. The van der Waals surface area contributed by atoms with Crippen molar-refractivity contribution in [3.8, 4) is 5.88 Å². The molecule has 0 bridgehead atoms. The molecule has 3 nitrogen and oxygen atoms in total. The fourth-order valence-electron chi connectivity index (χ4n) is 1.01. The zero-order chi connectivity index (χ0) is 14.0. The van der Waals surface area contributed by atoms with Gasteiger partial charge in [0.1, 0.15) is 0 Å². The number of hydrogen-bond acceptors (Lipinski definition) is 3. The Balaban J connectivity index is 2.65. The molecule has 0 amide bonds. The zero-order valence-electron chi connectivity index (χ0n) is 10.3. The molecule has 1 rings (SSSR count). The van der Waals surface area contributed by atoms with E-state index in [0.29, 0.717) is 5.69 Å². The number of hydrogen-bond donors (Lipinski definition) is 0. The van der Waals surface area contributed by atoms with E-state index in [2.05, 4.69) is 14.7 Å². The van der Waals surface area contributed by atoms with E-state index in [1.807, 2.05) is 20.8 Å². The maximum Gasteiger partial charge on any atom is 0.340 e. The van der Waals surface area contributed by atoms with E-state index < -0.39 is 19.0 Å². The van der Waals surface area contributed by atoms with E-state index >= 15 is 0 Å². The van der Waals surface area contributed by atoms with Gasteiger partial charge in [-0.1, -0.05) is 20.8 Å². The molecule has 1 aromatic heterocycles. The van der Waals surface area contributed by atoms with Crippen molar-refractivity contribution in [3.05, 3.63) is 18.1 Å². The molecule has 0 saturated carbocycles. The Bertz CT molecular complexity index is 387. The number of halogens is 4. The SMILES string of the molecule is CC(C)(C)c1cnc(OCC(F)(F)C(F)F)cn1. The minimum atomic E-state index is -4.19. The van der Waals surface area contributed by atoms with Gasteiger partial charge in [-0.05, 0) is 0 Å². The normalized spacial score (nSPS) is 12.9. The summed E-state index contributed by atoms with van der Waals surface area (Å²) in [7, 11) is 0. The number of nitrogens with zero attached hydrogens (tertiary/aromatic N) is 2. The average Bonchev–Trinajstić information content (AvgIpc) is 2.25. The third-order valence-corrected chi connectivity index (χ3v) is 2.13. The Morgan fingerprint density at radius 3 is 2.17 bits per heavy atom. The van der Waals surface area contributed by atoms with Crippen LogP contribution in [0.5, 0.6) is 5.88 Å². The highest BCUT2D eigenvalue weighted by atomic mass is 19.3. The van der Waals surface area contributed by atoms with Gasteiger partial charge in [0.05, 0.1) is 18.1 Å². The largest absolute Gasteiger partial charge is 0.470 e. The molecule has 0 aliphatic rings. The lowest BCUT2D eigenvalue weighted by Crippen LogP contribution is -2.34. The molecular weight excluding hydrogens is 252 g/mol. The summed E-state index contributed by atoms with van der Waals surface area (Å²) in [5.41, 5.74) is 0.411. The summed E-state index contributed by atoms with van der Waals surface area (Å²) in [6.45, 7) is 4.29. The standard InChI is InChI=1S/C11H14F4N2O/c1-10(2,3)7-4-17-8(5-16-7)18-6-11(14,15)9(12)13/h4-5,9H,6H2,1-3H3. The van der Waals surface area contributed by atoms with E-state index in [4.69, 9.17) is 0 Å². The fourth-order valence-corrected chi connectivity index (χ4v) is 1.01. The van der Waals surface area contributed by atoms with Crippen LogP contribution in [0.4, 0.5) is 17.6 Å². The lowest BCUT2D eigenvalue weighted by molar-refractivity contribution is -0.148. The molecule has 1 aromatic rings. The molecule has 0 aliphatic carbocycles. The monoisotopic (exact) mass is 266 g/mol. The highest BCUT2D eigenvalue weighted by molar-refractivity contribution is 5.13. The van der Waals surface area contributed by atoms with E-state index in [9.17, 15) is 17.6 Å². The number of rotatable bonds is 4. The molecule has 0 atom stereocenters. The molecule has 1 heterocycles. The van der Waals surface area contributed by atoms with E-state index in [1.165, 1.54) is 6.20 Å². The predicted molar refractivity (Wildman–Crippen MR) is 57.2 cm³/mol. The molecule has 0 spiro atoms. The molecule has 0 saturated heterocycles. The zero-order valence-corrected chi connectivity index (χ0v) is 10.3. The molecule has 0 N–H and O–H groups in total. The molecular formula is C11H14F4N2O. The molecule has 7 heteroatoms. The number of aromatic nitrogens is 2. The number of alkyl halides is 4. The first-order chi connectivity index (χ1) is 8.13. The van der Waals surface area contributed by atoms with Crippen molar-refractivity contribution in [2.24, 2.45) is 0 Å². The third kappa shape index (κ3) is 3.82. The van der Waals surface area contributed by atoms with E-state index in [-0.39, 0.29) is 11.3 Å². The summed E-state index contributed by atoms with van der Waals surface area (Å²) in [4.78, 5) is 7.72. The van der Waals surface area contributed by atoms with Crippen molar-refractivity contribution >= 4 is 0 Å². The van der Waals surface area contributed by atoms with Crippen LogP contribution in [-0.4, -0.2) is 28.9 Å². The van der Waals surface area contributed by atoms with Gasteiger partial charge in [0.25, 0.3) is 0 Å². The van der Waals surface area contributed by atoms with Crippen LogP contribution in [0.2, 0.25) is 0 Å². The summed E-state index contributed by atoms with van der Waals surface area (Å²) in [6, 6.07) is 0. The average molecular weight is 266 g/mol. The summed E-state index contributed by atoms with van der Waals surface area (Å²) >= 11 is 0. The Morgan fingerprint density at radius 1 is 1.17 bits per heavy atom. The maximum absolute atomic E-state index is 12.6. The Hall–Kier alpha value is -1.40. The van der Waals surface area contributed by atoms with Gasteiger partial charge in [0.2, 0.25) is 5.88 Å². The Kier molecular flexibility index (Phi) is 4.13. The molecule has 0 radical (unpaired) electrons. The predicted octanol–water partition coefficient (Wildman–Crippen LogP) is 3.05. The minimum absolute atomic E-state index is 0.205. The van der Waals surface area contributed by atoms with Crippen molar-refractivity contribution in [2.75, 3.05) is 6.61 Å². The molecule has 0 fully saturated rings. The van der Waals surface area contributed by atoms with Crippen LogP contribution in [0.1, 0.15) is 26.5 Å². The van der Waals surface area contributed by atoms with Crippen LogP contribution in [0, 0.1) is 0 Å². The van der Waals surface area contributed by atoms with Crippen LogP contribution in [0.25, 0.3) is 0 Å². The smallest absolute Gasteiger partial charge is 0.340 e. The second-order valence-electron chi connectivity index (χ2n) is 4.84. The molecule has 0 aliphatic heterocycles. The topological polar surface area (TPSA) is 35.0 Å². The van der Waals surface area contributed by atoms with Crippen LogP contribution >= 0.6 is 0 Å². The van der Waals surface area contributed by atoms with Gasteiger partial charge in [0.15, 0.2) is 6.61 Å². The second kappa shape index (κ2) is 5.07. The first kappa shape index (κ1) is 14.7. The van der Waals surface area contributed by atoms with Crippen LogP contribution in [0.15, 0.2) is 12.4 Å². The number of ether oxygens (including phenoxy) is 1. The second-order valence-corrected chi connectivity index (χ2v) is 4.84. The first-order valence-corrected chi connectivity index (χ1v) is 5.24. The summed E-state index contributed by atoms with van der Waals surface area (Å²) in [6.07, 6.45) is -1.25. The fraction of sp³-hybridized carbons (Fsp3) is 0.636. The van der Waals surface area contributed by atoms with Gasteiger partial charge < -0.3 is 4.74 Å². The highest BCUT2D eigenvalue weighted by Gasteiger charge is 2.41. The van der Waals surface area contributed by atoms with Crippen LogP contribution in [0.3, 0.4) is 0 Å². The lowest BCUT2D eigenvalue weighted by atomic mass is 9.93. The van der Waals surface area contributed by atoms with E-state index in [1.54, 1.807) is 0 Å². The lowest BCUT2D eigenvalue weighted by Gasteiger charge is -2.18. The van der Waals surface area contributed by atoms with Crippen molar-refractivity contribution in [1.29, 1.82) is 0 Å². The van der Waals surface area contributed by atoms with Crippen molar-refractivity contribution in [2.45, 2.75) is 38.5 Å². The Morgan fingerprint density at radius 2 is 1.78 bits per heavy atom. The molecule has 18 heavy (non-hydrogen) atoms. The van der Waals surface area contributed by atoms with Gasteiger partial charge in [-0.2, -0.15) is 8.78 Å². The van der Waals surface area contributed by atoms with E-state index in [0.717, 1.165) is 6.20 Å². The summed E-state index contributed by atoms with van der Waals surface area (Å²) in [5, 5.41) is 0. The quantitative estimate of drug-likeness (QED) is 0.786. The molecule has 0 unspecified atom stereocenters. The third-order valence-electron chi connectivity index (χ3n) is 2.13. The van der Waals surface area contributed by atoms with Crippen LogP contribution < -0.4 is 4.74 Å². The summed E-state index contributed by atoms with van der Waals surface area (Å²) < 4.78 is 53.4. The van der Waals surface area contributed by atoms with Gasteiger partial charge >= 0.3 is 12.3 Å². The van der Waals surface area contributed by atoms with Crippen molar-refractivity contribution in [1.82, 2.24) is 9.97 Å². The summed E-state index contributed by atoms with van der Waals surface area (Å²) in [5.74, 6) is -4.40. The molecule has 102 valence electrons. The van der Waals surface area contributed by atoms with Gasteiger partial charge in [0, 0.05) is 5.41 Å². The van der Waals surface area contributed by atoms with Gasteiger partial charge in [-0.3, -0.25) is 4.98 Å². The van der Waals surface area contributed by atoms with Crippen LogP contribution in [-0.2, 0) is 5.41 Å². The van der Waals surface area contributed by atoms with Gasteiger partial charge in [-0.15, -0.1) is 0 Å². The molecule has 0 aromatic carbocycles. The highest BCUT2D eigenvalue weighted by Crippen LogP contribution is 2.24. The minimum Gasteiger partial charge on any atom is -0.470 e. The van der Waals surface area contributed by atoms with Crippen molar-refractivity contribution in [3.63, 3.8) is 0 Å². The Labute approximate surface area is 102 Å². The van der Waals surface area contributed by atoms with Gasteiger partial charge in [-0.25, -0.2) is 13.8 Å².